The second-order valence-electron chi connectivity index (χ2n) is 4.03. The first-order valence-electron chi connectivity index (χ1n) is 5.03. The average Bonchev–Trinajstić information content (AvgIpc) is 2.21. The maximum absolute atomic E-state index is 12.0. The Morgan fingerprint density at radius 1 is 1.35 bits per heavy atom. The molecule has 0 fully saturated rings. The minimum absolute atomic E-state index is 0.0210. The van der Waals surface area contributed by atoms with Crippen LogP contribution in [0.3, 0.4) is 0 Å². The molecule has 5 nitrogen and oxygen atoms in total. The predicted octanol–water partition coefficient (Wildman–Crippen LogP) is 0.439. The number of para-hydroxylation sites is 1. The Kier molecular flexibility index (Phi) is 3.77. The Labute approximate surface area is 101 Å². The third-order valence-electron chi connectivity index (χ3n) is 2.43. The Bertz CT molecular complexity index is 536. The number of carbonyl (C=O) groups excluding carboxylic acids is 1. The van der Waals surface area contributed by atoms with Gasteiger partial charge in [-0.3, -0.25) is 4.79 Å². The lowest BCUT2D eigenvalue weighted by molar-refractivity contribution is -0.125. The zero-order chi connectivity index (χ0) is 13.2. The van der Waals surface area contributed by atoms with E-state index in [1.807, 2.05) is 0 Å². The van der Waals surface area contributed by atoms with E-state index in [0.29, 0.717) is 5.56 Å². The van der Waals surface area contributed by atoms with Crippen LogP contribution in [0.1, 0.15) is 5.56 Å². The maximum Gasteiger partial charge on any atom is 0.237 e. The van der Waals surface area contributed by atoms with E-state index >= 15 is 0 Å². The molecule has 0 atom stereocenters. The molecule has 94 valence electrons. The first kappa shape index (κ1) is 13.5. The van der Waals surface area contributed by atoms with Gasteiger partial charge in [0.15, 0.2) is 9.84 Å². The number of amides is 1. The summed E-state index contributed by atoms with van der Waals surface area (Å²) in [6.45, 7) is 1.72. The summed E-state index contributed by atoms with van der Waals surface area (Å²) in [5.41, 5.74) is 6.61. The molecule has 0 aromatic heterocycles. The maximum atomic E-state index is 12.0. The molecule has 0 aliphatic rings. The van der Waals surface area contributed by atoms with Gasteiger partial charge in [-0.2, -0.15) is 0 Å². The van der Waals surface area contributed by atoms with Crippen LogP contribution in [0.2, 0.25) is 0 Å². The van der Waals surface area contributed by atoms with Crippen molar-refractivity contribution in [3.63, 3.8) is 0 Å². The molecule has 0 saturated heterocycles. The van der Waals surface area contributed by atoms with Crippen molar-refractivity contribution in [3.8, 4) is 0 Å². The number of sulfone groups is 1. The van der Waals surface area contributed by atoms with Crippen LogP contribution in [0.15, 0.2) is 23.1 Å². The molecular formula is C11H16N2O3S. The fourth-order valence-electron chi connectivity index (χ4n) is 1.29. The highest BCUT2D eigenvalue weighted by molar-refractivity contribution is 7.92. The minimum atomic E-state index is -3.67. The monoisotopic (exact) mass is 256 g/mol. The van der Waals surface area contributed by atoms with Gasteiger partial charge in [0.25, 0.3) is 0 Å². The first-order chi connectivity index (χ1) is 7.75. The lowest BCUT2D eigenvalue weighted by Gasteiger charge is -2.12. The van der Waals surface area contributed by atoms with E-state index in [-0.39, 0.29) is 10.6 Å². The molecule has 1 rings (SSSR count). The smallest absolute Gasteiger partial charge is 0.237 e. The lowest BCUT2D eigenvalue weighted by atomic mass is 10.2. The number of nitrogen functional groups attached to an aromatic ring is 1. The van der Waals surface area contributed by atoms with Crippen LogP contribution in [0.4, 0.5) is 5.69 Å². The van der Waals surface area contributed by atoms with Crippen LogP contribution in [-0.4, -0.2) is 39.1 Å². The third-order valence-corrected chi connectivity index (χ3v) is 4.08. The quantitative estimate of drug-likeness (QED) is 0.796. The summed E-state index contributed by atoms with van der Waals surface area (Å²) in [7, 11) is -0.651. The van der Waals surface area contributed by atoms with Gasteiger partial charge < -0.3 is 10.6 Å². The van der Waals surface area contributed by atoms with Crippen molar-refractivity contribution in [2.45, 2.75) is 11.8 Å². The van der Waals surface area contributed by atoms with Crippen LogP contribution in [0.25, 0.3) is 0 Å². The normalized spacial score (nSPS) is 11.2. The van der Waals surface area contributed by atoms with Crippen molar-refractivity contribution < 1.29 is 13.2 Å². The standard InChI is InChI=1S/C11H16N2O3S/c1-8-5-4-6-9(11(8)12)17(15,16)7-10(14)13(2)3/h4-6H,7,12H2,1-3H3. The SMILES string of the molecule is Cc1cccc(S(=O)(=O)CC(=O)N(C)C)c1N. The summed E-state index contributed by atoms with van der Waals surface area (Å²) in [6.07, 6.45) is 0. The van der Waals surface area contributed by atoms with E-state index in [9.17, 15) is 13.2 Å². The van der Waals surface area contributed by atoms with Gasteiger partial charge in [-0.25, -0.2) is 8.42 Å². The highest BCUT2D eigenvalue weighted by Crippen LogP contribution is 2.22. The number of nitrogens with two attached hydrogens (primary N) is 1. The molecule has 0 spiro atoms. The van der Waals surface area contributed by atoms with Gasteiger partial charge in [0.05, 0.1) is 10.6 Å². The summed E-state index contributed by atoms with van der Waals surface area (Å²) >= 11 is 0. The second kappa shape index (κ2) is 4.75. The topological polar surface area (TPSA) is 80.5 Å². The number of hydrogen-bond acceptors (Lipinski definition) is 4. The molecule has 0 saturated carbocycles. The number of rotatable bonds is 3. The predicted molar refractivity (Wildman–Crippen MR) is 66.3 cm³/mol. The fourth-order valence-corrected chi connectivity index (χ4v) is 2.82. The molecular weight excluding hydrogens is 240 g/mol. The van der Waals surface area contributed by atoms with Gasteiger partial charge in [0.2, 0.25) is 5.91 Å². The highest BCUT2D eigenvalue weighted by Gasteiger charge is 2.23. The van der Waals surface area contributed by atoms with Crippen molar-refractivity contribution in [3.05, 3.63) is 23.8 Å². The number of anilines is 1. The third kappa shape index (κ3) is 2.97. The second-order valence-corrected chi connectivity index (χ2v) is 5.99. The van der Waals surface area contributed by atoms with E-state index in [4.69, 9.17) is 5.73 Å². The zero-order valence-corrected chi connectivity index (χ0v) is 10.9. The summed E-state index contributed by atoms with van der Waals surface area (Å²) < 4.78 is 24.0. The van der Waals surface area contributed by atoms with Gasteiger partial charge in [-0.15, -0.1) is 0 Å². The van der Waals surface area contributed by atoms with Crippen molar-refractivity contribution in [1.29, 1.82) is 0 Å². The van der Waals surface area contributed by atoms with Crippen LogP contribution >= 0.6 is 0 Å². The fraction of sp³-hybridized carbons (Fsp3) is 0.364. The number of hydrogen-bond donors (Lipinski definition) is 1. The highest BCUT2D eigenvalue weighted by atomic mass is 32.2. The Balaban J connectivity index is 3.15. The minimum Gasteiger partial charge on any atom is -0.397 e. The van der Waals surface area contributed by atoms with Crippen LogP contribution in [0.5, 0.6) is 0 Å². The van der Waals surface area contributed by atoms with Gasteiger partial charge in [0.1, 0.15) is 5.75 Å². The van der Waals surface area contributed by atoms with Crippen molar-refractivity contribution in [2.24, 2.45) is 0 Å². The number of aryl methyl sites for hydroxylation is 1. The molecule has 0 bridgehead atoms. The number of nitrogens with zero attached hydrogens (tertiary/aromatic N) is 1. The molecule has 0 aliphatic heterocycles. The molecule has 6 heteroatoms. The largest absolute Gasteiger partial charge is 0.397 e. The van der Waals surface area contributed by atoms with Crippen molar-refractivity contribution in [2.75, 3.05) is 25.6 Å². The number of carbonyl (C=O) groups is 1. The summed E-state index contributed by atoms with van der Waals surface area (Å²) in [4.78, 5) is 12.7. The van der Waals surface area contributed by atoms with Gasteiger partial charge in [0, 0.05) is 14.1 Å². The van der Waals surface area contributed by atoms with E-state index in [1.54, 1.807) is 19.1 Å². The van der Waals surface area contributed by atoms with Gasteiger partial charge in [-0.05, 0) is 18.6 Å². The van der Waals surface area contributed by atoms with Gasteiger partial charge in [-0.1, -0.05) is 12.1 Å². The van der Waals surface area contributed by atoms with Crippen LogP contribution < -0.4 is 5.73 Å². The van der Waals surface area contributed by atoms with E-state index in [0.717, 1.165) is 0 Å². The molecule has 17 heavy (non-hydrogen) atoms. The lowest BCUT2D eigenvalue weighted by Crippen LogP contribution is -2.29. The Morgan fingerprint density at radius 2 is 1.94 bits per heavy atom. The number of benzene rings is 1. The average molecular weight is 256 g/mol. The zero-order valence-electron chi connectivity index (χ0n) is 10.1. The molecule has 2 N–H and O–H groups in total. The summed E-state index contributed by atoms with van der Waals surface area (Å²) in [5.74, 6) is -1.03. The van der Waals surface area contributed by atoms with Gasteiger partial charge >= 0.3 is 0 Å². The van der Waals surface area contributed by atoms with E-state index in [1.165, 1.54) is 25.1 Å². The molecule has 1 aromatic rings. The summed E-state index contributed by atoms with van der Waals surface area (Å²) in [5, 5.41) is 0. The van der Waals surface area contributed by atoms with E-state index in [2.05, 4.69) is 0 Å². The molecule has 1 aromatic carbocycles. The molecule has 0 heterocycles. The van der Waals surface area contributed by atoms with Crippen LogP contribution in [0, 0.1) is 6.92 Å². The molecule has 0 radical (unpaired) electrons. The first-order valence-corrected chi connectivity index (χ1v) is 6.69. The van der Waals surface area contributed by atoms with Crippen molar-refractivity contribution >= 4 is 21.4 Å². The molecule has 0 unspecified atom stereocenters. The van der Waals surface area contributed by atoms with Crippen LogP contribution in [-0.2, 0) is 14.6 Å². The molecule has 1 amide bonds. The van der Waals surface area contributed by atoms with Crippen molar-refractivity contribution in [1.82, 2.24) is 4.90 Å². The van der Waals surface area contributed by atoms with E-state index < -0.39 is 21.5 Å². The summed E-state index contributed by atoms with van der Waals surface area (Å²) in [6, 6.07) is 4.75. The molecule has 0 aliphatic carbocycles. The Morgan fingerprint density at radius 3 is 2.47 bits per heavy atom. The Hall–Kier alpha value is -1.56.